The molecule has 13 aromatic carbocycles. The second-order valence-electron chi connectivity index (χ2n) is 26.2. The lowest BCUT2D eigenvalue weighted by Gasteiger charge is -2.29. The Hall–Kier alpha value is -10.5. The molecule has 2 aliphatic rings. The zero-order valence-electron chi connectivity index (χ0n) is 52.6. The van der Waals surface area contributed by atoms with E-state index in [0.717, 1.165) is 34.1 Å². The van der Waals surface area contributed by atoms with Gasteiger partial charge in [-0.3, -0.25) is 0 Å². The van der Waals surface area contributed by atoms with Crippen LogP contribution in [0.25, 0.3) is 90.4 Å². The van der Waals surface area contributed by atoms with E-state index in [2.05, 4.69) is 356 Å². The Balaban J connectivity index is 0.651. The monoisotopic (exact) mass is 1160 g/mol. The Morgan fingerprint density at radius 3 is 0.944 bits per heavy atom. The smallest absolute Gasteiger partial charge is 0.0466 e. The average Bonchev–Trinajstić information content (AvgIpc) is 1.58. The Bertz CT molecular complexity index is 4660. The van der Waals surface area contributed by atoms with Crippen molar-refractivity contribution in [2.75, 3.05) is 9.80 Å². The standard InChI is InChI=1S/C88H72N2/c1-57-47-58(2)50-73(49-57)89(69-37-33-67(34-38-69)77-21-13-17-65-15-9-11-19-75(65)77)71-41-45-81-79-43-31-63(53-83(79)87(5,6)85(81)55-71)29-27-61-23-25-62(26-24-61)28-30-64-32-44-80-82-46-42-72(56-86(82)88(7,8)84(80)54-64)90(74-51-59(3)48-60(4)52-74)70-39-35-68(36-40-70)78-22-14-18-66-16-10-12-20-76(66)78/h9-56H,1-8H3/b29-27+,30-28+. The van der Waals surface area contributed by atoms with E-state index in [1.165, 1.54) is 133 Å². The maximum atomic E-state index is 2.44. The number of benzene rings is 13. The van der Waals surface area contributed by atoms with Crippen molar-refractivity contribution in [1.29, 1.82) is 0 Å². The van der Waals surface area contributed by atoms with Crippen LogP contribution in [0.3, 0.4) is 0 Å². The average molecular weight is 1160 g/mol. The topological polar surface area (TPSA) is 6.48 Å². The summed E-state index contributed by atoms with van der Waals surface area (Å²) in [5.41, 5.74) is 31.7. The van der Waals surface area contributed by atoms with Crippen molar-refractivity contribution in [3.8, 4) is 44.5 Å². The van der Waals surface area contributed by atoms with Crippen molar-refractivity contribution >= 4 is 80.0 Å². The summed E-state index contributed by atoms with van der Waals surface area (Å²) in [6.07, 6.45) is 9.01. The number of hydrogen-bond donors (Lipinski definition) is 0. The fourth-order valence-electron chi connectivity index (χ4n) is 14.7. The van der Waals surface area contributed by atoms with Crippen LogP contribution in [0.4, 0.5) is 34.1 Å². The number of fused-ring (bicyclic) bond motifs is 8. The third-order valence-corrected chi connectivity index (χ3v) is 19.1. The van der Waals surface area contributed by atoms with E-state index in [1.54, 1.807) is 0 Å². The molecule has 2 heteroatoms. The maximum absolute atomic E-state index is 2.44. The first-order valence-corrected chi connectivity index (χ1v) is 31.7. The molecule has 0 N–H and O–H groups in total. The SMILES string of the molecule is Cc1cc(C)cc(N(c2ccc(-c3cccc4ccccc34)cc2)c2ccc3c(c2)C(C)(C)c2cc(/C=C/c4ccc(/C=C/c5ccc6c(c5)C(C)(C)c5cc(N(c7ccc(-c8cccc9ccccc89)cc7)c7cc(C)cc(C)c7)ccc5-6)cc4)ccc2-3)c1. The Labute approximate surface area is 531 Å². The van der Waals surface area contributed by atoms with Crippen LogP contribution in [-0.4, -0.2) is 0 Å². The lowest BCUT2D eigenvalue weighted by atomic mass is 9.81. The quantitative estimate of drug-likeness (QED) is 0.113. The molecular weight excluding hydrogens is 1080 g/mol. The molecule has 13 aromatic rings. The van der Waals surface area contributed by atoms with Crippen LogP contribution in [0.1, 0.15) is 94.5 Å². The molecule has 90 heavy (non-hydrogen) atoms. The van der Waals surface area contributed by atoms with Crippen molar-refractivity contribution in [2.24, 2.45) is 0 Å². The fourth-order valence-corrected chi connectivity index (χ4v) is 14.7. The molecule has 0 atom stereocenters. The van der Waals surface area contributed by atoms with Gasteiger partial charge in [-0.1, -0.05) is 246 Å². The Kier molecular flexibility index (Phi) is 13.8. The molecule has 0 aliphatic heterocycles. The predicted octanol–water partition coefficient (Wildman–Crippen LogP) is 24.5. The number of nitrogens with zero attached hydrogens (tertiary/aromatic N) is 2. The molecule has 0 bridgehead atoms. The summed E-state index contributed by atoms with van der Waals surface area (Å²) in [5.74, 6) is 0. The van der Waals surface area contributed by atoms with Gasteiger partial charge >= 0.3 is 0 Å². The molecule has 2 aliphatic carbocycles. The maximum Gasteiger partial charge on any atom is 0.0466 e. The molecule has 2 nitrogen and oxygen atoms in total. The summed E-state index contributed by atoms with van der Waals surface area (Å²) >= 11 is 0. The molecule has 0 amide bonds. The van der Waals surface area contributed by atoms with E-state index in [4.69, 9.17) is 0 Å². The number of rotatable bonds is 12. The minimum absolute atomic E-state index is 0.204. The van der Waals surface area contributed by atoms with E-state index in [0.29, 0.717) is 0 Å². The van der Waals surface area contributed by atoms with Crippen LogP contribution in [0.2, 0.25) is 0 Å². The van der Waals surface area contributed by atoms with Crippen LogP contribution < -0.4 is 9.80 Å². The van der Waals surface area contributed by atoms with Crippen molar-refractivity contribution in [3.05, 3.63) is 334 Å². The fraction of sp³-hybridized carbons (Fsp3) is 0.114. The zero-order valence-corrected chi connectivity index (χ0v) is 52.6. The van der Waals surface area contributed by atoms with Crippen molar-refractivity contribution in [2.45, 2.75) is 66.2 Å². The molecule has 0 fully saturated rings. The first-order valence-electron chi connectivity index (χ1n) is 31.7. The Morgan fingerprint density at radius 1 is 0.244 bits per heavy atom. The minimum atomic E-state index is -0.204. The second kappa shape index (κ2) is 22.2. The van der Waals surface area contributed by atoms with Gasteiger partial charge in [-0.05, 0) is 233 Å². The molecular formula is C88H72N2. The molecule has 0 heterocycles. The summed E-state index contributed by atoms with van der Waals surface area (Å²) in [7, 11) is 0. The molecule has 0 saturated carbocycles. The molecule has 0 radical (unpaired) electrons. The predicted molar refractivity (Wildman–Crippen MR) is 387 cm³/mol. The summed E-state index contributed by atoms with van der Waals surface area (Å²) in [6, 6.07) is 99.5. The van der Waals surface area contributed by atoms with Gasteiger partial charge in [-0.15, -0.1) is 0 Å². The van der Waals surface area contributed by atoms with Gasteiger partial charge in [0.2, 0.25) is 0 Å². The minimum Gasteiger partial charge on any atom is -0.310 e. The highest BCUT2D eigenvalue weighted by Gasteiger charge is 2.38. The lowest BCUT2D eigenvalue weighted by Crippen LogP contribution is -2.17. The van der Waals surface area contributed by atoms with Gasteiger partial charge in [0.15, 0.2) is 0 Å². The van der Waals surface area contributed by atoms with Gasteiger partial charge in [0.1, 0.15) is 0 Å². The first kappa shape index (κ1) is 56.0. The number of aryl methyl sites for hydroxylation is 4. The third-order valence-electron chi connectivity index (χ3n) is 19.1. The highest BCUT2D eigenvalue weighted by Crippen LogP contribution is 2.53. The van der Waals surface area contributed by atoms with Gasteiger partial charge in [0, 0.05) is 45.0 Å². The third kappa shape index (κ3) is 10.1. The van der Waals surface area contributed by atoms with Crippen molar-refractivity contribution in [1.82, 2.24) is 0 Å². The first-order chi connectivity index (χ1) is 43.7. The number of hydrogen-bond acceptors (Lipinski definition) is 2. The zero-order chi connectivity index (χ0) is 61.4. The van der Waals surface area contributed by atoms with E-state index >= 15 is 0 Å². The summed E-state index contributed by atoms with van der Waals surface area (Å²) in [4.78, 5) is 4.86. The van der Waals surface area contributed by atoms with Gasteiger partial charge in [-0.25, -0.2) is 0 Å². The summed E-state index contributed by atoms with van der Waals surface area (Å²) in [6.45, 7) is 18.3. The molecule has 0 aromatic heterocycles. The van der Waals surface area contributed by atoms with Gasteiger partial charge in [-0.2, -0.15) is 0 Å². The molecule has 0 unspecified atom stereocenters. The molecule has 0 saturated heterocycles. The largest absolute Gasteiger partial charge is 0.310 e. The van der Waals surface area contributed by atoms with Crippen LogP contribution in [-0.2, 0) is 10.8 Å². The van der Waals surface area contributed by atoms with Crippen molar-refractivity contribution in [3.63, 3.8) is 0 Å². The molecule has 434 valence electrons. The lowest BCUT2D eigenvalue weighted by molar-refractivity contribution is 0.660. The molecule has 15 rings (SSSR count). The van der Waals surface area contributed by atoms with Crippen LogP contribution in [0.5, 0.6) is 0 Å². The van der Waals surface area contributed by atoms with Crippen molar-refractivity contribution < 1.29 is 0 Å². The highest BCUT2D eigenvalue weighted by molar-refractivity contribution is 5.99. The normalized spacial score (nSPS) is 13.4. The summed E-state index contributed by atoms with van der Waals surface area (Å²) in [5, 5.41) is 5.04. The van der Waals surface area contributed by atoms with E-state index in [1.807, 2.05) is 0 Å². The van der Waals surface area contributed by atoms with E-state index < -0.39 is 0 Å². The Morgan fingerprint density at radius 2 is 0.556 bits per heavy atom. The summed E-state index contributed by atoms with van der Waals surface area (Å²) < 4.78 is 0. The van der Waals surface area contributed by atoms with Crippen LogP contribution in [0, 0.1) is 27.7 Å². The van der Waals surface area contributed by atoms with E-state index in [9.17, 15) is 0 Å². The highest BCUT2D eigenvalue weighted by atomic mass is 15.1. The van der Waals surface area contributed by atoms with E-state index in [-0.39, 0.29) is 10.8 Å². The van der Waals surface area contributed by atoms with Crippen LogP contribution in [0.15, 0.2) is 267 Å². The van der Waals surface area contributed by atoms with Crippen LogP contribution >= 0.6 is 0 Å². The number of anilines is 6. The second-order valence-corrected chi connectivity index (χ2v) is 26.2. The molecule has 0 spiro atoms. The van der Waals surface area contributed by atoms with Gasteiger partial charge in [0.25, 0.3) is 0 Å². The van der Waals surface area contributed by atoms with Gasteiger partial charge < -0.3 is 9.80 Å². The van der Waals surface area contributed by atoms with Gasteiger partial charge in [0.05, 0.1) is 0 Å².